The van der Waals surface area contributed by atoms with Gasteiger partial charge in [-0.25, -0.2) is 0 Å². The van der Waals surface area contributed by atoms with Crippen molar-refractivity contribution >= 4 is 11.8 Å². The maximum absolute atomic E-state index is 12.4. The molecule has 0 aromatic heterocycles. The first-order valence-corrected chi connectivity index (χ1v) is 7.55. The predicted octanol–water partition coefficient (Wildman–Crippen LogP) is 0.897. The van der Waals surface area contributed by atoms with Crippen LogP contribution >= 0.6 is 0 Å². The maximum Gasteiger partial charge on any atom is 0.251 e. The molecule has 2 aliphatic heterocycles. The molecule has 0 saturated carbocycles. The Bertz CT molecular complexity index is 518. The first kappa shape index (κ1) is 14.1. The van der Waals surface area contributed by atoms with E-state index < -0.39 is 0 Å². The van der Waals surface area contributed by atoms with E-state index >= 15 is 0 Å². The van der Waals surface area contributed by atoms with Gasteiger partial charge in [-0.05, 0) is 37.8 Å². The number of hydrogen-bond acceptors (Lipinski definition) is 3. The lowest BCUT2D eigenvalue weighted by molar-refractivity contribution is -0.134. The second-order valence-corrected chi connectivity index (χ2v) is 5.97. The Hall–Kier alpha value is -1.88. The third kappa shape index (κ3) is 2.93. The largest absolute Gasteiger partial charge is 0.343 e. The Morgan fingerprint density at radius 3 is 2.38 bits per heavy atom. The molecule has 21 heavy (non-hydrogen) atoms. The molecule has 0 spiro atoms. The van der Waals surface area contributed by atoms with E-state index in [0.717, 1.165) is 25.7 Å². The van der Waals surface area contributed by atoms with Gasteiger partial charge in [-0.15, -0.1) is 0 Å². The highest BCUT2D eigenvalue weighted by atomic mass is 16.2. The van der Waals surface area contributed by atoms with E-state index in [9.17, 15) is 9.59 Å². The van der Waals surface area contributed by atoms with E-state index in [-0.39, 0.29) is 36.5 Å². The van der Waals surface area contributed by atoms with Crippen LogP contribution in [0.1, 0.15) is 36.0 Å². The van der Waals surface area contributed by atoms with Crippen molar-refractivity contribution in [1.82, 2.24) is 10.2 Å². The number of nitrogens with zero attached hydrogens (tertiary/aromatic N) is 1. The molecule has 3 rings (SSSR count). The van der Waals surface area contributed by atoms with Gasteiger partial charge in [0.1, 0.15) is 0 Å². The molecular formula is C16H21N3O2. The number of fused-ring (bicyclic) bond motifs is 2. The highest BCUT2D eigenvalue weighted by molar-refractivity contribution is 5.96. The fraction of sp³-hybridized carbons (Fsp3) is 0.500. The Balaban J connectivity index is 1.57. The second kappa shape index (κ2) is 5.85. The summed E-state index contributed by atoms with van der Waals surface area (Å²) < 4.78 is 0. The van der Waals surface area contributed by atoms with Crippen LogP contribution in [0.5, 0.6) is 0 Å². The first-order chi connectivity index (χ1) is 10.1. The van der Waals surface area contributed by atoms with Gasteiger partial charge in [-0.1, -0.05) is 18.2 Å². The fourth-order valence-electron chi connectivity index (χ4n) is 3.57. The van der Waals surface area contributed by atoms with Crippen LogP contribution in [0.2, 0.25) is 0 Å². The number of benzene rings is 1. The zero-order chi connectivity index (χ0) is 14.8. The van der Waals surface area contributed by atoms with Crippen LogP contribution in [0, 0.1) is 0 Å². The Kier molecular flexibility index (Phi) is 3.92. The van der Waals surface area contributed by atoms with Crippen LogP contribution in [0.3, 0.4) is 0 Å². The number of nitrogens with two attached hydrogens (primary N) is 1. The minimum Gasteiger partial charge on any atom is -0.343 e. The van der Waals surface area contributed by atoms with Gasteiger partial charge in [-0.2, -0.15) is 0 Å². The van der Waals surface area contributed by atoms with Crippen molar-refractivity contribution in [3.8, 4) is 0 Å². The first-order valence-electron chi connectivity index (χ1n) is 7.55. The molecule has 112 valence electrons. The summed E-state index contributed by atoms with van der Waals surface area (Å²) in [7, 11) is 0. The highest BCUT2D eigenvalue weighted by Crippen LogP contribution is 2.34. The number of rotatable bonds is 3. The molecule has 2 fully saturated rings. The van der Waals surface area contributed by atoms with E-state index in [1.807, 2.05) is 23.1 Å². The van der Waals surface area contributed by atoms with Crippen molar-refractivity contribution in [1.29, 1.82) is 0 Å². The maximum atomic E-state index is 12.4. The Morgan fingerprint density at radius 1 is 1.14 bits per heavy atom. The average Bonchev–Trinajstić information content (AvgIpc) is 2.77. The lowest BCUT2D eigenvalue weighted by Gasteiger charge is -2.37. The number of hydrogen-bond donors (Lipinski definition) is 2. The summed E-state index contributed by atoms with van der Waals surface area (Å²) in [5.74, 6) is -0.191. The molecule has 2 bridgehead atoms. The van der Waals surface area contributed by atoms with E-state index in [4.69, 9.17) is 5.73 Å². The van der Waals surface area contributed by atoms with Crippen molar-refractivity contribution in [2.75, 3.05) is 6.54 Å². The average molecular weight is 287 g/mol. The van der Waals surface area contributed by atoms with Crippen molar-refractivity contribution in [3.63, 3.8) is 0 Å². The quantitative estimate of drug-likeness (QED) is 0.867. The van der Waals surface area contributed by atoms with Crippen LogP contribution in [-0.2, 0) is 4.79 Å². The summed E-state index contributed by atoms with van der Waals surface area (Å²) >= 11 is 0. The normalized spacial score (nSPS) is 27.5. The molecule has 2 unspecified atom stereocenters. The van der Waals surface area contributed by atoms with Gasteiger partial charge in [0.25, 0.3) is 5.91 Å². The molecule has 5 heteroatoms. The van der Waals surface area contributed by atoms with Crippen molar-refractivity contribution in [2.45, 2.75) is 43.8 Å². The molecule has 2 amide bonds. The molecule has 0 aliphatic carbocycles. The van der Waals surface area contributed by atoms with Gasteiger partial charge in [0.15, 0.2) is 0 Å². The third-order valence-electron chi connectivity index (χ3n) is 4.49. The van der Waals surface area contributed by atoms with Crippen LogP contribution in [-0.4, -0.2) is 41.4 Å². The minimum atomic E-state index is -0.204. The number of nitrogens with one attached hydrogen (secondary N) is 1. The van der Waals surface area contributed by atoms with Gasteiger partial charge in [0, 0.05) is 23.7 Å². The Morgan fingerprint density at radius 2 is 1.76 bits per heavy atom. The number of piperidine rings is 1. The summed E-state index contributed by atoms with van der Waals surface area (Å²) in [5, 5.41) is 2.71. The molecule has 1 aromatic rings. The molecule has 0 radical (unpaired) electrons. The topological polar surface area (TPSA) is 75.4 Å². The highest BCUT2D eigenvalue weighted by Gasteiger charge is 2.41. The molecule has 2 heterocycles. The molecule has 2 saturated heterocycles. The summed E-state index contributed by atoms with van der Waals surface area (Å²) in [5.41, 5.74) is 6.59. The zero-order valence-corrected chi connectivity index (χ0v) is 12.0. The molecule has 3 N–H and O–H groups in total. The van der Waals surface area contributed by atoms with Crippen molar-refractivity contribution in [2.24, 2.45) is 5.73 Å². The Labute approximate surface area is 124 Å². The van der Waals surface area contributed by atoms with E-state index in [2.05, 4.69) is 5.32 Å². The second-order valence-electron chi connectivity index (χ2n) is 5.97. The zero-order valence-electron chi connectivity index (χ0n) is 12.0. The van der Waals surface area contributed by atoms with Gasteiger partial charge in [0.2, 0.25) is 5.91 Å². The van der Waals surface area contributed by atoms with Crippen LogP contribution in [0.15, 0.2) is 30.3 Å². The lowest BCUT2D eigenvalue weighted by atomic mass is 9.98. The number of carbonyl (C=O) groups excluding carboxylic acids is 2. The summed E-state index contributed by atoms with van der Waals surface area (Å²) in [6.45, 7) is 0.0654. The minimum absolute atomic E-state index is 0.0127. The van der Waals surface area contributed by atoms with Crippen molar-refractivity contribution in [3.05, 3.63) is 35.9 Å². The van der Waals surface area contributed by atoms with Gasteiger partial charge in [0.05, 0.1) is 6.54 Å². The van der Waals surface area contributed by atoms with Crippen molar-refractivity contribution < 1.29 is 9.59 Å². The molecule has 1 aromatic carbocycles. The van der Waals surface area contributed by atoms with Crippen LogP contribution in [0.25, 0.3) is 0 Å². The predicted molar refractivity (Wildman–Crippen MR) is 79.6 cm³/mol. The summed E-state index contributed by atoms with van der Waals surface area (Å²) in [6, 6.07) is 9.69. The summed E-state index contributed by atoms with van der Waals surface area (Å²) in [4.78, 5) is 26.3. The van der Waals surface area contributed by atoms with Crippen LogP contribution in [0.4, 0.5) is 0 Å². The monoisotopic (exact) mass is 287 g/mol. The molecule has 2 aliphatic rings. The van der Waals surface area contributed by atoms with Gasteiger partial charge < -0.3 is 16.0 Å². The molecule has 5 nitrogen and oxygen atoms in total. The number of carbonyl (C=O) groups is 2. The van der Waals surface area contributed by atoms with E-state index in [0.29, 0.717) is 5.56 Å². The third-order valence-corrected chi connectivity index (χ3v) is 4.49. The lowest BCUT2D eigenvalue weighted by Crippen LogP contribution is -2.52. The SMILES string of the molecule is NC1CC2CCC(C1)N2C(=O)CNC(=O)c1ccccc1. The van der Waals surface area contributed by atoms with E-state index in [1.54, 1.807) is 12.1 Å². The smallest absolute Gasteiger partial charge is 0.251 e. The van der Waals surface area contributed by atoms with Crippen LogP contribution < -0.4 is 11.1 Å². The molecule has 2 atom stereocenters. The summed E-state index contributed by atoms with van der Waals surface area (Å²) in [6.07, 6.45) is 3.84. The molecular weight excluding hydrogens is 266 g/mol. The van der Waals surface area contributed by atoms with Gasteiger partial charge >= 0.3 is 0 Å². The number of amides is 2. The fourth-order valence-corrected chi connectivity index (χ4v) is 3.57. The van der Waals surface area contributed by atoms with Gasteiger partial charge in [-0.3, -0.25) is 9.59 Å². The standard InChI is InChI=1S/C16H21N3O2/c17-12-8-13-6-7-14(9-12)19(13)15(20)10-18-16(21)11-4-2-1-3-5-11/h1-5,12-14H,6-10,17H2,(H,18,21). The van der Waals surface area contributed by atoms with E-state index in [1.165, 1.54) is 0 Å².